The number of ether oxygens (including phenoxy) is 1. The minimum Gasteiger partial charge on any atom is -0.489 e. The Labute approximate surface area is 151 Å². The van der Waals surface area contributed by atoms with Crippen LogP contribution in [0.15, 0.2) is 65.3 Å². The molecule has 1 saturated heterocycles. The number of hydrogen-bond donors (Lipinski definition) is 0. The van der Waals surface area contributed by atoms with Crippen LogP contribution >= 0.6 is 11.8 Å². The third-order valence-corrected chi connectivity index (χ3v) is 5.36. The number of anilines is 1. The van der Waals surface area contributed by atoms with Gasteiger partial charge < -0.3 is 4.74 Å². The highest BCUT2D eigenvalue weighted by molar-refractivity contribution is 8.00. The maximum absolute atomic E-state index is 12.7. The van der Waals surface area contributed by atoms with E-state index in [0.29, 0.717) is 11.7 Å². The predicted octanol–water partition coefficient (Wildman–Crippen LogP) is 3.99. The van der Waals surface area contributed by atoms with Crippen molar-refractivity contribution in [3.05, 3.63) is 65.7 Å². The third kappa shape index (κ3) is 3.33. The molecule has 2 aromatic rings. The first kappa shape index (κ1) is 16.0. The zero-order valence-electron chi connectivity index (χ0n) is 13.9. The van der Waals surface area contributed by atoms with Gasteiger partial charge in [0.2, 0.25) is 0 Å². The van der Waals surface area contributed by atoms with E-state index in [1.807, 2.05) is 79.4 Å². The van der Waals surface area contributed by atoms with Crippen LogP contribution in [-0.4, -0.2) is 29.2 Å². The van der Waals surface area contributed by atoms with Gasteiger partial charge in [0, 0.05) is 11.5 Å². The van der Waals surface area contributed by atoms with Crippen molar-refractivity contribution in [2.45, 2.75) is 13.0 Å². The fraction of sp³-hybridized carbons (Fsp3) is 0.200. The van der Waals surface area contributed by atoms with Crippen molar-refractivity contribution < 1.29 is 9.53 Å². The Morgan fingerprint density at radius 1 is 1.16 bits per heavy atom. The zero-order valence-corrected chi connectivity index (χ0v) is 14.7. The Morgan fingerprint density at radius 2 is 1.96 bits per heavy atom. The molecule has 25 heavy (non-hydrogen) atoms. The second-order valence-corrected chi connectivity index (χ2v) is 7.12. The lowest BCUT2D eigenvalue weighted by molar-refractivity contribution is -0.114. The molecule has 0 N–H and O–H groups in total. The molecular weight excluding hydrogens is 332 g/mol. The quantitative estimate of drug-likeness (QED) is 0.783. The number of carbonyl (C=O) groups excluding carboxylic acids is 1. The smallest absolute Gasteiger partial charge is 0.280 e. The van der Waals surface area contributed by atoms with Crippen LogP contribution in [0.25, 0.3) is 6.08 Å². The van der Waals surface area contributed by atoms with Crippen LogP contribution in [0.5, 0.6) is 5.75 Å². The molecule has 0 saturated carbocycles. The Kier molecular flexibility index (Phi) is 4.32. The first-order chi connectivity index (χ1) is 12.2. The van der Waals surface area contributed by atoms with Crippen molar-refractivity contribution in [1.82, 2.24) is 0 Å². The number of carbonyl (C=O) groups is 1. The van der Waals surface area contributed by atoms with Crippen molar-refractivity contribution in [2.75, 3.05) is 16.5 Å². The van der Waals surface area contributed by atoms with Gasteiger partial charge in [-0.2, -0.15) is 21.9 Å². The van der Waals surface area contributed by atoms with Gasteiger partial charge in [-0.1, -0.05) is 30.3 Å². The van der Waals surface area contributed by atoms with E-state index in [4.69, 9.17) is 4.74 Å². The predicted molar refractivity (Wildman–Crippen MR) is 103 cm³/mol. The molecule has 2 aliphatic heterocycles. The Balaban J connectivity index is 1.58. The number of benzene rings is 2. The minimum absolute atomic E-state index is 0.106. The summed E-state index contributed by atoms with van der Waals surface area (Å²) in [6.07, 6.45) is 2.19. The van der Waals surface area contributed by atoms with E-state index < -0.39 is 0 Å². The summed E-state index contributed by atoms with van der Waals surface area (Å²) in [6, 6.07) is 17.3. The summed E-state index contributed by atoms with van der Waals surface area (Å²) in [6.45, 7) is 1.86. The van der Waals surface area contributed by atoms with E-state index in [-0.39, 0.29) is 5.91 Å². The number of thioether (sulfide) groups is 1. The highest BCUT2D eigenvalue weighted by Crippen LogP contribution is 2.27. The van der Waals surface area contributed by atoms with E-state index in [2.05, 4.69) is 5.10 Å². The second kappa shape index (κ2) is 6.76. The molecule has 4 nitrogen and oxygen atoms in total. The third-order valence-electron chi connectivity index (χ3n) is 4.14. The zero-order chi connectivity index (χ0) is 17.2. The minimum atomic E-state index is -0.106. The molecule has 0 aliphatic carbocycles. The molecule has 2 heterocycles. The lowest BCUT2D eigenvalue weighted by atomic mass is 10.1. The number of amides is 1. The van der Waals surface area contributed by atoms with Gasteiger partial charge in [0.05, 0.1) is 17.0 Å². The average molecular weight is 350 g/mol. The van der Waals surface area contributed by atoms with E-state index in [9.17, 15) is 4.79 Å². The van der Waals surface area contributed by atoms with Gasteiger partial charge in [-0.3, -0.25) is 4.79 Å². The van der Waals surface area contributed by atoms with E-state index in [1.54, 1.807) is 0 Å². The molecular formula is C20H18N2O2S. The lowest BCUT2D eigenvalue weighted by Gasteiger charge is -2.25. The molecule has 2 aliphatic rings. The van der Waals surface area contributed by atoms with Gasteiger partial charge in [-0.05, 0) is 42.8 Å². The number of rotatable bonds is 4. The van der Waals surface area contributed by atoms with Crippen molar-refractivity contribution in [1.29, 1.82) is 0 Å². The topological polar surface area (TPSA) is 41.9 Å². The van der Waals surface area contributed by atoms with Crippen LogP contribution in [0.3, 0.4) is 0 Å². The van der Waals surface area contributed by atoms with Crippen LogP contribution in [0.1, 0.15) is 12.5 Å². The molecule has 126 valence electrons. The maximum atomic E-state index is 12.7. The monoisotopic (exact) mass is 350 g/mol. The maximum Gasteiger partial charge on any atom is 0.280 e. The second-order valence-electron chi connectivity index (χ2n) is 6.05. The summed E-state index contributed by atoms with van der Waals surface area (Å²) < 4.78 is 5.92. The molecule has 0 bridgehead atoms. The molecule has 0 atom stereocenters. The van der Waals surface area contributed by atoms with Gasteiger partial charge in [-0.25, -0.2) is 0 Å². The molecule has 0 aromatic heterocycles. The van der Waals surface area contributed by atoms with Crippen LogP contribution in [0, 0.1) is 0 Å². The Morgan fingerprint density at radius 3 is 2.68 bits per heavy atom. The fourth-order valence-electron chi connectivity index (χ4n) is 2.75. The fourth-order valence-corrected chi connectivity index (χ4v) is 3.31. The summed E-state index contributed by atoms with van der Waals surface area (Å²) in [5.41, 5.74) is 3.04. The van der Waals surface area contributed by atoms with E-state index in [1.165, 1.54) is 5.01 Å². The van der Waals surface area contributed by atoms with Crippen LogP contribution in [0.4, 0.5) is 5.69 Å². The molecule has 0 spiro atoms. The number of para-hydroxylation sites is 1. The number of hydrazone groups is 1. The number of nitrogens with zero attached hydrogens (tertiary/aromatic N) is 2. The molecule has 0 unspecified atom stereocenters. The largest absolute Gasteiger partial charge is 0.489 e. The normalized spacial score (nSPS) is 19.1. The standard InChI is InChI=1S/C20H18N2O2S/c1-14-19(20(23)22(21-14)16-7-3-2-4-8-16)11-15-6-5-9-17(10-15)24-18-12-25-13-18/h2-11,18H,12-13H2,1H3/b19-11+. The molecule has 1 amide bonds. The highest BCUT2D eigenvalue weighted by atomic mass is 32.2. The summed E-state index contributed by atoms with van der Waals surface area (Å²) in [7, 11) is 0. The summed E-state index contributed by atoms with van der Waals surface area (Å²) in [5.74, 6) is 2.83. The van der Waals surface area contributed by atoms with E-state index >= 15 is 0 Å². The SMILES string of the molecule is CC1=NN(c2ccccc2)C(=O)/C1=C/c1cccc(OC2CSC2)c1. The average Bonchev–Trinajstić information content (AvgIpc) is 2.88. The van der Waals surface area contributed by atoms with E-state index in [0.717, 1.165) is 34.2 Å². The van der Waals surface area contributed by atoms with Gasteiger partial charge in [0.15, 0.2) is 0 Å². The first-order valence-corrected chi connectivity index (χ1v) is 9.37. The molecule has 5 heteroatoms. The summed E-state index contributed by atoms with van der Waals surface area (Å²) in [5, 5.41) is 5.86. The van der Waals surface area contributed by atoms with Crippen molar-refractivity contribution in [3.63, 3.8) is 0 Å². The lowest BCUT2D eigenvalue weighted by Crippen LogP contribution is -2.30. The highest BCUT2D eigenvalue weighted by Gasteiger charge is 2.28. The molecule has 2 aromatic carbocycles. The van der Waals surface area contributed by atoms with Crippen molar-refractivity contribution in [3.8, 4) is 5.75 Å². The van der Waals surface area contributed by atoms with Gasteiger partial charge >= 0.3 is 0 Å². The summed E-state index contributed by atoms with van der Waals surface area (Å²) >= 11 is 1.89. The van der Waals surface area contributed by atoms with Gasteiger partial charge in [0.25, 0.3) is 5.91 Å². The van der Waals surface area contributed by atoms with Crippen LogP contribution < -0.4 is 9.75 Å². The van der Waals surface area contributed by atoms with Crippen molar-refractivity contribution in [2.24, 2.45) is 5.10 Å². The van der Waals surface area contributed by atoms with Gasteiger partial charge in [-0.15, -0.1) is 0 Å². The van der Waals surface area contributed by atoms with Crippen molar-refractivity contribution >= 4 is 35.1 Å². The Hall–Kier alpha value is -2.53. The summed E-state index contributed by atoms with van der Waals surface area (Å²) in [4.78, 5) is 12.7. The van der Waals surface area contributed by atoms with Crippen LogP contribution in [-0.2, 0) is 4.79 Å². The van der Waals surface area contributed by atoms with Crippen LogP contribution in [0.2, 0.25) is 0 Å². The molecule has 4 rings (SSSR count). The number of hydrogen-bond acceptors (Lipinski definition) is 4. The molecule has 0 radical (unpaired) electrons. The first-order valence-electron chi connectivity index (χ1n) is 8.22. The van der Waals surface area contributed by atoms with Gasteiger partial charge in [0.1, 0.15) is 11.9 Å². The molecule has 1 fully saturated rings. The Bertz CT molecular complexity index is 857.